The Morgan fingerprint density at radius 2 is 2.18 bits per heavy atom. The summed E-state index contributed by atoms with van der Waals surface area (Å²) in [4.78, 5) is 23.2. The second kappa shape index (κ2) is 8.46. The van der Waals surface area contributed by atoms with E-state index < -0.39 is 5.97 Å². The van der Waals surface area contributed by atoms with E-state index in [4.69, 9.17) is 13.9 Å². The zero-order chi connectivity index (χ0) is 22.9. The number of hydrogen-bond donors (Lipinski definition) is 1. The third kappa shape index (κ3) is 3.73. The molecule has 1 N–H and O–H groups in total. The molecule has 0 atom stereocenters. The van der Waals surface area contributed by atoms with Crippen LogP contribution in [0.25, 0.3) is 11.6 Å². The number of carbonyl (C=O) groups excluding carboxylic acids is 1. The Balaban J connectivity index is 1.55. The van der Waals surface area contributed by atoms with E-state index in [1.165, 1.54) is 5.56 Å². The van der Waals surface area contributed by atoms with Crippen LogP contribution in [0.3, 0.4) is 0 Å². The Bertz CT molecular complexity index is 1290. The highest BCUT2D eigenvalue weighted by molar-refractivity contribution is 6.21. The van der Waals surface area contributed by atoms with E-state index in [9.17, 15) is 9.90 Å². The number of aromatic nitrogens is 1. The molecule has 5 rings (SSSR count). The lowest BCUT2D eigenvalue weighted by Gasteiger charge is -2.29. The van der Waals surface area contributed by atoms with Gasteiger partial charge in [0.15, 0.2) is 22.9 Å². The fourth-order valence-electron chi connectivity index (χ4n) is 4.15. The lowest BCUT2D eigenvalue weighted by Crippen LogP contribution is -2.31. The smallest absolute Gasteiger partial charge is 0.347 e. The normalized spacial score (nSPS) is 15.5. The summed E-state index contributed by atoms with van der Waals surface area (Å²) in [6.45, 7) is 3.05. The van der Waals surface area contributed by atoms with Crippen molar-refractivity contribution in [3.8, 4) is 11.5 Å². The van der Waals surface area contributed by atoms with Gasteiger partial charge < -0.3 is 23.9 Å². The molecule has 3 aromatic rings. The highest BCUT2D eigenvalue weighted by Crippen LogP contribution is 2.41. The number of methoxy groups -OCH3 is 1. The summed E-state index contributed by atoms with van der Waals surface area (Å²) in [6, 6.07) is 9.69. The Hall–Kier alpha value is -4.07. The quantitative estimate of drug-likeness (QED) is 0.582. The SMILES string of the molecule is CCOC(=O)c1c(N2CCc3ccc(OC)cc3C2)oc(C=C2C=Nc3ncccc32)c1O. The van der Waals surface area contributed by atoms with Crippen LogP contribution in [0.4, 0.5) is 11.7 Å². The number of esters is 1. The van der Waals surface area contributed by atoms with Crippen LogP contribution in [-0.2, 0) is 17.7 Å². The van der Waals surface area contributed by atoms with Gasteiger partial charge in [-0.05, 0) is 54.8 Å². The molecule has 0 amide bonds. The minimum Gasteiger partial charge on any atom is -0.504 e. The minimum atomic E-state index is -0.628. The number of aromatic hydroxyl groups is 1. The first-order chi connectivity index (χ1) is 16.1. The number of anilines is 1. The number of aliphatic imine (C=N–C) groups is 1. The van der Waals surface area contributed by atoms with Gasteiger partial charge in [-0.25, -0.2) is 14.8 Å². The van der Waals surface area contributed by atoms with Crippen LogP contribution in [0.2, 0.25) is 0 Å². The van der Waals surface area contributed by atoms with Gasteiger partial charge in [0.25, 0.3) is 0 Å². The number of carbonyl (C=O) groups is 1. The number of fused-ring (bicyclic) bond motifs is 2. The molecule has 1 aromatic carbocycles. The summed E-state index contributed by atoms with van der Waals surface area (Å²) in [5.74, 6) is 0.939. The molecule has 0 saturated carbocycles. The van der Waals surface area contributed by atoms with Gasteiger partial charge in [-0.3, -0.25) is 0 Å². The predicted molar refractivity (Wildman–Crippen MR) is 124 cm³/mol. The monoisotopic (exact) mass is 445 g/mol. The summed E-state index contributed by atoms with van der Waals surface area (Å²) in [5.41, 5.74) is 3.88. The molecule has 2 aliphatic rings. The summed E-state index contributed by atoms with van der Waals surface area (Å²) in [7, 11) is 1.63. The van der Waals surface area contributed by atoms with Crippen molar-refractivity contribution >= 4 is 35.5 Å². The van der Waals surface area contributed by atoms with E-state index >= 15 is 0 Å². The zero-order valence-electron chi connectivity index (χ0n) is 18.4. The summed E-state index contributed by atoms with van der Waals surface area (Å²) >= 11 is 0. The molecule has 0 aliphatic carbocycles. The van der Waals surface area contributed by atoms with Gasteiger partial charge in [0.1, 0.15) is 5.75 Å². The molecular weight excluding hydrogens is 422 g/mol. The Labute approximate surface area is 190 Å². The van der Waals surface area contributed by atoms with Crippen LogP contribution >= 0.6 is 0 Å². The predicted octanol–water partition coefficient (Wildman–Crippen LogP) is 4.38. The van der Waals surface area contributed by atoms with Crippen molar-refractivity contribution in [3.05, 3.63) is 64.5 Å². The fourth-order valence-corrected chi connectivity index (χ4v) is 4.15. The zero-order valence-corrected chi connectivity index (χ0v) is 18.4. The second-order valence-electron chi connectivity index (χ2n) is 7.75. The number of benzene rings is 1. The molecule has 2 aromatic heterocycles. The van der Waals surface area contributed by atoms with Crippen molar-refractivity contribution in [2.45, 2.75) is 19.9 Å². The number of hydrogen-bond acceptors (Lipinski definition) is 8. The third-order valence-electron chi connectivity index (χ3n) is 5.79. The van der Waals surface area contributed by atoms with Crippen LogP contribution in [0.15, 0.2) is 45.9 Å². The van der Waals surface area contributed by atoms with Gasteiger partial charge in [-0.2, -0.15) is 0 Å². The summed E-state index contributed by atoms with van der Waals surface area (Å²) < 4.78 is 16.7. The molecule has 0 spiro atoms. The van der Waals surface area contributed by atoms with Crippen LogP contribution in [0.5, 0.6) is 11.5 Å². The Morgan fingerprint density at radius 1 is 1.30 bits per heavy atom. The molecule has 8 nitrogen and oxygen atoms in total. The number of furan rings is 1. The van der Waals surface area contributed by atoms with E-state index in [0.717, 1.165) is 28.9 Å². The van der Waals surface area contributed by atoms with Crippen molar-refractivity contribution < 1.29 is 23.8 Å². The van der Waals surface area contributed by atoms with Crippen molar-refractivity contribution in [1.82, 2.24) is 4.98 Å². The molecule has 0 saturated heterocycles. The molecule has 33 heavy (non-hydrogen) atoms. The van der Waals surface area contributed by atoms with E-state index in [-0.39, 0.29) is 29.6 Å². The van der Waals surface area contributed by atoms with Gasteiger partial charge in [0.05, 0.1) is 13.7 Å². The highest BCUT2D eigenvalue weighted by Gasteiger charge is 2.32. The molecule has 0 unspecified atom stereocenters. The maximum atomic E-state index is 12.8. The summed E-state index contributed by atoms with van der Waals surface area (Å²) in [5, 5.41) is 11.0. The first-order valence-electron chi connectivity index (χ1n) is 10.7. The summed E-state index contributed by atoms with van der Waals surface area (Å²) in [6.07, 6.45) is 5.76. The number of rotatable bonds is 5. The van der Waals surface area contributed by atoms with Crippen molar-refractivity contribution in [1.29, 1.82) is 0 Å². The average molecular weight is 445 g/mol. The third-order valence-corrected chi connectivity index (χ3v) is 5.79. The van der Waals surface area contributed by atoms with Gasteiger partial charge in [-0.15, -0.1) is 0 Å². The van der Waals surface area contributed by atoms with E-state index in [0.29, 0.717) is 18.9 Å². The van der Waals surface area contributed by atoms with Gasteiger partial charge >= 0.3 is 5.97 Å². The Kier molecular flexibility index (Phi) is 5.34. The average Bonchev–Trinajstić information content (AvgIpc) is 3.39. The van der Waals surface area contributed by atoms with Crippen LogP contribution < -0.4 is 9.64 Å². The lowest BCUT2D eigenvalue weighted by molar-refractivity contribution is 0.0523. The van der Waals surface area contributed by atoms with Crippen molar-refractivity contribution in [2.75, 3.05) is 25.2 Å². The van der Waals surface area contributed by atoms with Crippen LogP contribution in [-0.4, -0.2) is 42.5 Å². The molecule has 4 heterocycles. The van der Waals surface area contributed by atoms with E-state index in [1.54, 1.807) is 32.5 Å². The molecule has 2 aliphatic heterocycles. The minimum absolute atomic E-state index is 0.0244. The fraction of sp³-hybridized carbons (Fsp3) is 0.240. The van der Waals surface area contributed by atoms with E-state index in [1.807, 2.05) is 29.2 Å². The first kappa shape index (κ1) is 20.8. The molecule has 8 heteroatoms. The van der Waals surface area contributed by atoms with Gasteiger partial charge in [0.2, 0.25) is 5.88 Å². The highest BCUT2D eigenvalue weighted by atomic mass is 16.5. The van der Waals surface area contributed by atoms with Gasteiger partial charge in [-0.1, -0.05) is 6.07 Å². The maximum absolute atomic E-state index is 12.8. The lowest BCUT2D eigenvalue weighted by atomic mass is 9.99. The molecule has 0 fully saturated rings. The second-order valence-corrected chi connectivity index (χ2v) is 7.75. The molecule has 0 bridgehead atoms. The molecule has 168 valence electrons. The largest absolute Gasteiger partial charge is 0.504 e. The number of pyridine rings is 1. The Morgan fingerprint density at radius 3 is 3.00 bits per heavy atom. The number of ether oxygens (including phenoxy) is 2. The maximum Gasteiger partial charge on any atom is 0.347 e. The topological polar surface area (TPSA) is 97.4 Å². The molecule has 0 radical (unpaired) electrons. The number of allylic oxidation sites excluding steroid dienone is 1. The molecular formula is C25H23N3O5. The van der Waals surface area contributed by atoms with E-state index in [2.05, 4.69) is 16.0 Å². The van der Waals surface area contributed by atoms with Crippen LogP contribution in [0.1, 0.15) is 39.7 Å². The standard InChI is InChI=1S/C25H23N3O5/c1-3-32-25(30)21-22(29)20(12-16-13-27-23-19(16)5-4-9-26-23)33-24(21)28-10-8-15-6-7-18(31-2)11-17(15)14-28/h4-7,9,11-13,29H,3,8,10,14H2,1-2H3. The van der Waals surface area contributed by atoms with Gasteiger partial charge in [0, 0.05) is 36.6 Å². The van der Waals surface area contributed by atoms with Crippen LogP contribution in [0, 0.1) is 0 Å². The first-order valence-corrected chi connectivity index (χ1v) is 10.7. The number of nitrogens with zero attached hydrogens (tertiary/aromatic N) is 3. The van der Waals surface area contributed by atoms with Crippen molar-refractivity contribution in [2.24, 2.45) is 4.99 Å². The van der Waals surface area contributed by atoms with Crippen molar-refractivity contribution in [3.63, 3.8) is 0 Å².